The van der Waals surface area contributed by atoms with Crippen molar-refractivity contribution in [3.8, 4) is 16.9 Å². The molecular weight excluding hydrogens is 532 g/mol. The highest BCUT2D eigenvalue weighted by Crippen LogP contribution is 2.27. The number of aromatic nitrogens is 7. The molecule has 40 heavy (non-hydrogen) atoms. The number of imidazole rings is 1. The molecule has 204 valence electrons. The zero-order chi connectivity index (χ0) is 28.0. The number of anilines is 2. The van der Waals surface area contributed by atoms with Crippen molar-refractivity contribution in [1.29, 1.82) is 0 Å². The average molecular weight is 559 g/mol. The highest BCUT2D eigenvalue weighted by molar-refractivity contribution is 6.32. The highest BCUT2D eigenvalue weighted by atomic mass is 35.5. The molecule has 1 amide bonds. The summed E-state index contributed by atoms with van der Waals surface area (Å²) in [7, 11) is 1.73. The second kappa shape index (κ2) is 10.1. The first-order valence-corrected chi connectivity index (χ1v) is 13.2. The van der Waals surface area contributed by atoms with Crippen molar-refractivity contribution >= 4 is 40.3 Å². The molecule has 0 unspecified atom stereocenters. The minimum Gasteiger partial charge on any atom is -0.381 e. The highest BCUT2D eigenvalue weighted by Gasteiger charge is 2.28. The van der Waals surface area contributed by atoms with Gasteiger partial charge in [0.2, 0.25) is 0 Å². The molecule has 0 saturated carbocycles. The zero-order valence-corrected chi connectivity index (χ0v) is 22.7. The summed E-state index contributed by atoms with van der Waals surface area (Å²) in [5, 5.41) is 3.48. The van der Waals surface area contributed by atoms with Crippen LogP contribution in [0.15, 0.2) is 53.8 Å². The number of piperidine rings is 1. The number of rotatable bonds is 5. The van der Waals surface area contributed by atoms with Gasteiger partial charge in [-0.1, -0.05) is 23.7 Å². The van der Waals surface area contributed by atoms with Gasteiger partial charge in [0.1, 0.15) is 5.56 Å². The number of H-pyrrole nitrogens is 1. The number of carbonyl (C=O) groups is 1. The molecule has 0 bridgehead atoms. The van der Waals surface area contributed by atoms with Crippen LogP contribution in [0, 0.1) is 6.92 Å². The molecule has 4 N–H and O–H groups in total. The van der Waals surface area contributed by atoms with Crippen LogP contribution in [0.2, 0.25) is 5.02 Å². The van der Waals surface area contributed by atoms with E-state index in [1.165, 1.54) is 4.68 Å². The van der Waals surface area contributed by atoms with Gasteiger partial charge >= 0.3 is 0 Å². The number of benzene rings is 1. The zero-order valence-electron chi connectivity index (χ0n) is 21.9. The predicted molar refractivity (Wildman–Crippen MR) is 153 cm³/mol. The largest absolute Gasteiger partial charge is 0.381 e. The van der Waals surface area contributed by atoms with Crippen molar-refractivity contribution in [2.45, 2.75) is 25.8 Å². The minimum absolute atomic E-state index is 0.107. The Morgan fingerprint density at radius 1 is 1.15 bits per heavy atom. The Morgan fingerprint density at radius 2 is 1.93 bits per heavy atom. The molecule has 1 fully saturated rings. The Bertz CT molecular complexity index is 1800. The Labute approximate surface area is 233 Å². The summed E-state index contributed by atoms with van der Waals surface area (Å²) >= 11 is 6.33. The Kier molecular flexibility index (Phi) is 6.46. The van der Waals surface area contributed by atoms with Crippen molar-refractivity contribution < 1.29 is 4.79 Å². The summed E-state index contributed by atoms with van der Waals surface area (Å²) in [4.78, 5) is 49.4. The maximum atomic E-state index is 13.3. The number of hydrogen-bond acceptors (Lipinski definition) is 8. The van der Waals surface area contributed by atoms with Gasteiger partial charge in [-0.25, -0.2) is 24.6 Å². The maximum absolute atomic E-state index is 13.3. The van der Waals surface area contributed by atoms with E-state index < -0.39 is 11.5 Å². The molecule has 4 aromatic heterocycles. The number of halogens is 1. The standard InChI is InChI=1S/C27H27ClN10O2/c1-15-22(27(40)38(36(15)2)21-6-4-3-5-18(21)28)26(39)34-17-7-9-37(10-8-17)25-23(29)30-13-20(35-25)16-11-19-24(31-12-16)33-14-32-19/h3-6,11-14,17H,7-10H2,1-2H3,(H2,29,30)(H,34,39)(H,31,32,33). The molecule has 6 rings (SSSR count). The summed E-state index contributed by atoms with van der Waals surface area (Å²) in [6.07, 6.45) is 6.24. The number of aromatic amines is 1. The number of fused-ring (bicyclic) bond motifs is 1. The fraction of sp³-hybridized carbons (Fsp3) is 0.259. The van der Waals surface area contributed by atoms with Crippen LogP contribution in [0.1, 0.15) is 28.9 Å². The van der Waals surface area contributed by atoms with E-state index in [0.717, 1.165) is 11.1 Å². The Morgan fingerprint density at radius 3 is 2.70 bits per heavy atom. The van der Waals surface area contributed by atoms with Gasteiger partial charge in [-0.2, -0.15) is 0 Å². The van der Waals surface area contributed by atoms with Gasteiger partial charge in [0.15, 0.2) is 17.3 Å². The number of amides is 1. The third-order valence-electron chi connectivity index (χ3n) is 7.34. The summed E-state index contributed by atoms with van der Waals surface area (Å²) in [5.41, 5.74) is 9.87. The topological polar surface area (TPSA) is 153 Å². The van der Waals surface area contributed by atoms with E-state index in [9.17, 15) is 9.59 Å². The molecule has 0 radical (unpaired) electrons. The van der Waals surface area contributed by atoms with Crippen molar-refractivity contribution in [1.82, 2.24) is 39.6 Å². The number of nitrogens with zero attached hydrogens (tertiary/aromatic N) is 7. The molecule has 0 atom stereocenters. The quantitative estimate of drug-likeness (QED) is 0.298. The lowest BCUT2D eigenvalue weighted by atomic mass is 10.0. The van der Waals surface area contributed by atoms with E-state index >= 15 is 0 Å². The molecule has 1 saturated heterocycles. The monoisotopic (exact) mass is 558 g/mol. The van der Waals surface area contributed by atoms with Gasteiger partial charge < -0.3 is 20.9 Å². The second-order valence-electron chi connectivity index (χ2n) is 9.75. The second-order valence-corrected chi connectivity index (χ2v) is 10.2. The van der Waals surface area contributed by atoms with Crippen LogP contribution < -0.4 is 21.5 Å². The summed E-state index contributed by atoms with van der Waals surface area (Å²) in [5.74, 6) is 0.528. The number of nitrogens with two attached hydrogens (primary N) is 1. The van der Waals surface area contributed by atoms with Crippen LogP contribution >= 0.6 is 11.6 Å². The van der Waals surface area contributed by atoms with E-state index in [1.54, 1.807) is 61.6 Å². The molecular formula is C27H27ClN10O2. The van der Waals surface area contributed by atoms with Crippen molar-refractivity contribution in [3.63, 3.8) is 0 Å². The summed E-state index contributed by atoms with van der Waals surface area (Å²) < 4.78 is 3.07. The third kappa shape index (κ3) is 4.45. The first kappa shape index (κ1) is 25.6. The smallest absolute Gasteiger partial charge is 0.284 e. The van der Waals surface area contributed by atoms with Crippen LogP contribution in [0.4, 0.5) is 11.6 Å². The molecule has 12 nitrogen and oxygen atoms in total. The minimum atomic E-state index is -0.411. The predicted octanol–water partition coefficient (Wildman–Crippen LogP) is 2.85. The van der Waals surface area contributed by atoms with E-state index in [0.29, 0.717) is 65.3 Å². The first-order chi connectivity index (χ1) is 19.3. The average Bonchev–Trinajstić information content (AvgIpc) is 3.51. The number of nitrogen functional groups attached to an aromatic ring is 1. The van der Waals surface area contributed by atoms with Crippen LogP contribution in [0.5, 0.6) is 0 Å². The first-order valence-electron chi connectivity index (χ1n) is 12.8. The number of pyridine rings is 1. The Hall–Kier alpha value is -4.71. The molecule has 1 aliphatic rings. The van der Waals surface area contributed by atoms with E-state index in [1.807, 2.05) is 6.07 Å². The number of carbonyl (C=O) groups excluding carboxylic acids is 1. The lowest BCUT2D eigenvalue weighted by Crippen LogP contribution is -2.46. The molecule has 0 spiro atoms. The SMILES string of the molecule is Cc1c(C(=O)NC2CCN(c3nc(-c4cnc5nc[nH]c5c4)cnc3N)CC2)c(=O)n(-c2ccccc2Cl)n1C. The van der Waals surface area contributed by atoms with Gasteiger partial charge in [-0.3, -0.25) is 14.3 Å². The summed E-state index contributed by atoms with van der Waals surface area (Å²) in [6.45, 7) is 2.98. The molecule has 5 aromatic rings. The van der Waals surface area contributed by atoms with Gasteiger partial charge in [-0.05, 0) is 38.0 Å². The van der Waals surface area contributed by atoms with Crippen molar-refractivity contribution in [2.75, 3.05) is 23.7 Å². The lowest BCUT2D eigenvalue weighted by Gasteiger charge is -2.33. The molecule has 1 aliphatic heterocycles. The fourth-order valence-corrected chi connectivity index (χ4v) is 5.30. The van der Waals surface area contributed by atoms with Crippen LogP contribution in [-0.4, -0.2) is 59.3 Å². The van der Waals surface area contributed by atoms with E-state index in [-0.39, 0.29) is 11.6 Å². The fourth-order valence-electron chi connectivity index (χ4n) is 5.09. The normalized spacial score (nSPS) is 14.1. The third-order valence-corrected chi connectivity index (χ3v) is 7.66. The molecule has 0 aliphatic carbocycles. The number of nitrogens with one attached hydrogen (secondary N) is 2. The van der Waals surface area contributed by atoms with E-state index in [4.69, 9.17) is 22.3 Å². The van der Waals surface area contributed by atoms with Crippen molar-refractivity contribution in [3.05, 3.63) is 75.7 Å². The maximum Gasteiger partial charge on any atom is 0.284 e. The van der Waals surface area contributed by atoms with Crippen LogP contribution in [0.3, 0.4) is 0 Å². The van der Waals surface area contributed by atoms with Gasteiger partial charge in [0.25, 0.3) is 11.5 Å². The Balaban J connectivity index is 1.17. The van der Waals surface area contributed by atoms with Gasteiger partial charge in [-0.15, -0.1) is 0 Å². The van der Waals surface area contributed by atoms with Gasteiger partial charge in [0.05, 0.1) is 40.1 Å². The molecule has 1 aromatic carbocycles. The van der Waals surface area contributed by atoms with E-state index in [2.05, 4.69) is 30.2 Å². The van der Waals surface area contributed by atoms with Crippen molar-refractivity contribution in [2.24, 2.45) is 7.05 Å². The number of para-hydroxylation sites is 1. The van der Waals surface area contributed by atoms with Crippen LogP contribution in [-0.2, 0) is 7.05 Å². The molecule has 13 heteroatoms. The van der Waals surface area contributed by atoms with Gasteiger partial charge in [0, 0.05) is 37.9 Å². The number of hydrogen-bond donors (Lipinski definition) is 3. The lowest BCUT2D eigenvalue weighted by molar-refractivity contribution is 0.0929. The summed E-state index contributed by atoms with van der Waals surface area (Å²) in [6, 6.07) is 8.86. The van der Waals surface area contributed by atoms with Crippen LogP contribution in [0.25, 0.3) is 28.1 Å². The molecule has 5 heterocycles.